The third kappa shape index (κ3) is 2.94. The first-order valence-electron chi connectivity index (χ1n) is 4.87. The maximum Gasteiger partial charge on any atom is 0.211 e. The van der Waals surface area contributed by atoms with Gasteiger partial charge in [0.25, 0.3) is 0 Å². The molecule has 1 aromatic rings. The van der Waals surface area contributed by atoms with Crippen molar-refractivity contribution in [1.29, 1.82) is 0 Å². The largest absolute Gasteiger partial charge is 0.490 e. The Labute approximate surface area is 94.2 Å². The summed E-state index contributed by atoms with van der Waals surface area (Å²) in [5, 5.41) is 4.96. The summed E-state index contributed by atoms with van der Waals surface area (Å²) in [7, 11) is -3.53. The van der Waals surface area contributed by atoms with Gasteiger partial charge in [-0.2, -0.15) is 0 Å². The molecular weight excluding hydrogens is 230 g/mol. The molecule has 1 unspecified atom stereocenters. The van der Waals surface area contributed by atoms with Crippen molar-refractivity contribution < 1.29 is 17.9 Å². The maximum atomic E-state index is 10.9. The van der Waals surface area contributed by atoms with Gasteiger partial charge < -0.3 is 9.47 Å². The zero-order valence-electron chi connectivity index (χ0n) is 8.63. The number of nitrogens with two attached hydrogens (primary N) is 1. The van der Waals surface area contributed by atoms with E-state index in [0.717, 1.165) is 11.3 Å². The number of benzene rings is 1. The van der Waals surface area contributed by atoms with E-state index in [1.54, 1.807) is 0 Å². The average Bonchev–Trinajstić information content (AvgIpc) is 2.39. The Morgan fingerprint density at radius 2 is 2.12 bits per heavy atom. The Bertz CT molecular complexity index is 444. The quantitative estimate of drug-likeness (QED) is 0.807. The van der Waals surface area contributed by atoms with Gasteiger partial charge >= 0.3 is 0 Å². The highest BCUT2D eigenvalue weighted by Crippen LogP contribution is 2.22. The van der Waals surface area contributed by atoms with Gasteiger partial charge in [0.15, 0.2) is 0 Å². The fraction of sp³-hybridized carbons (Fsp3) is 0.400. The van der Waals surface area contributed by atoms with Crippen LogP contribution in [0.25, 0.3) is 0 Å². The third-order valence-corrected chi connectivity index (χ3v) is 3.13. The lowest BCUT2D eigenvalue weighted by atomic mass is 10.2. The number of primary sulfonamides is 1. The van der Waals surface area contributed by atoms with Crippen molar-refractivity contribution in [2.24, 2.45) is 5.14 Å². The van der Waals surface area contributed by atoms with Gasteiger partial charge in [0.05, 0.1) is 12.4 Å². The van der Waals surface area contributed by atoms with Crippen LogP contribution in [-0.2, 0) is 21.4 Å². The summed E-state index contributed by atoms with van der Waals surface area (Å²) in [5.74, 6) is 0.514. The minimum atomic E-state index is -3.53. The topological polar surface area (TPSA) is 78.6 Å². The Kier molecular flexibility index (Phi) is 3.13. The first-order chi connectivity index (χ1) is 7.54. The summed E-state index contributed by atoms with van der Waals surface area (Å²) in [6.07, 6.45) is -0.512. The number of ether oxygens (including phenoxy) is 2. The molecule has 0 aromatic heterocycles. The normalized spacial score (nSPS) is 20.7. The van der Waals surface area contributed by atoms with Crippen LogP contribution >= 0.6 is 0 Å². The molecule has 16 heavy (non-hydrogen) atoms. The van der Waals surface area contributed by atoms with E-state index in [4.69, 9.17) is 14.6 Å². The molecule has 0 spiro atoms. The number of hydrogen-bond acceptors (Lipinski definition) is 4. The van der Waals surface area contributed by atoms with E-state index < -0.39 is 16.1 Å². The molecule has 6 heteroatoms. The van der Waals surface area contributed by atoms with Crippen LogP contribution in [0.4, 0.5) is 0 Å². The molecule has 2 rings (SSSR count). The molecule has 0 amide bonds. The van der Waals surface area contributed by atoms with Crippen LogP contribution in [0.1, 0.15) is 5.56 Å². The highest BCUT2D eigenvalue weighted by Gasteiger charge is 2.21. The molecule has 0 bridgehead atoms. The summed E-state index contributed by atoms with van der Waals surface area (Å²) in [6, 6.07) is 7.46. The number of rotatable bonds is 2. The zero-order chi connectivity index (χ0) is 11.6. The van der Waals surface area contributed by atoms with E-state index >= 15 is 0 Å². The monoisotopic (exact) mass is 243 g/mol. The lowest BCUT2D eigenvalue weighted by Crippen LogP contribution is -2.32. The third-order valence-electron chi connectivity index (χ3n) is 2.29. The number of sulfonamides is 1. The molecule has 1 aromatic carbocycles. The van der Waals surface area contributed by atoms with Crippen molar-refractivity contribution in [3.63, 3.8) is 0 Å². The first-order valence-corrected chi connectivity index (χ1v) is 6.59. The van der Waals surface area contributed by atoms with Crippen molar-refractivity contribution in [2.75, 3.05) is 12.4 Å². The molecule has 88 valence electrons. The molecule has 0 radical (unpaired) electrons. The smallest absolute Gasteiger partial charge is 0.211 e. The van der Waals surface area contributed by atoms with Crippen molar-refractivity contribution in [2.45, 2.75) is 12.7 Å². The Morgan fingerprint density at radius 3 is 2.88 bits per heavy atom. The van der Waals surface area contributed by atoms with Crippen molar-refractivity contribution >= 4 is 10.0 Å². The fourth-order valence-electron chi connectivity index (χ4n) is 1.56. The second-order valence-electron chi connectivity index (χ2n) is 3.68. The molecular formula is C10H13NO4S. The summed E-state index contributed by atoms with van der Waals surface area (Å²) in [4.78, 5) is 0. The second kappa shape index (κ2) is 4.40. The van der Waals surface area contributed by atoms with Crippen LogP contribution in [0.3, 0.4) is 0 Å². The van der Waals surface area contributed by atoms with Crippen LogP contribution < -0.4 is 9.88 Å². The number of fused-ring (bicyclic) bond motifs is 1. The van der Waals surface area contributed by atoms with Crippen LogP contribution in [0.5, 0.6) is 5.75 Å². The second-order valence-corrected chi connectivity index (χ2v) is 5.34. The Morgan fingerprint density at radius 1 is 1.38 bits per heavy atom. The number of para-hydroxylation sites is 1. The zero-order valence-corrected chi connectivity index (χ0v) is 9.44. The SMILES string of the molecule is NS(=O)(=O)CC1COc2ccccc2CO1. The highest BCUT2D eigenvalue weighted by atomic mass is 32.2. The molecule has 1 atom stereocenters. The van der Waals surface area contributed by atoms with Gasteiger partial charge in [0.1, 0.15) is 18.5 Å². The molecule has 1 aliphatic rings. The van der Waals surface area contributed by atoms with Gasteiger partial charge in [-0.25, -0.2) is 13.6 Å². The van der Waals surface area contributed by atoms with Crippen molar-refractivity contribution in [1.82, 2.24) is 0 Å². The highest BCUT2D eigenvalue weighted by molar-refractivity contribution is 7.89. The average molecular weight is 243 g/mol. The standard InChI is InChI=1S/C10H13NO4S/c11-16(12,13)7-9-6-15-10-4-2-1-3-8(10)5-14-9/h1-4,9H,5-7H2,(H2,11,12,13). The van der Waals surface area contributed by atoms with Crippen LogP contribution in [0.15, 0.2) is 24.3 Å². The predicted molar refractivity (Wildman–Crippen MR) is 58.5 cm³/mol. The summed E-state index contributed by atoms with van der Waals surface area (Å²) in [5.41, 5.74) is 0.916. The van der Waals surface area contributed by atoms with E-state index in [0.29, 0.717) is 6.61 Å². The first kappa shape index (κ1) is 11.4. The van der Waals surface area contributed by atoms with E-state index in [-0.39, 0.29) is 12.4 Å². The minimum absolute atomic E-state index is 0.202. The molecule has 1 aliphatic heterocycles. The van der Waals surface area contributed by atoms with Crippen LogP contribution in [0, 0.1) is 0 Å². The molecule has 2 N–H and O–H groups in total. The Hall–Kier alpha value is -1.11. The fourth-order valence-corrected chi connectivity index (χ4v) is 2.27. The van der Waals surface area contributed by atoms with E-state index in [1.165, 1.54) is 0 Å². The predicted octanol–water partition coefficient (Wildman–Crippen LogP) is 0.253. The molecule has 0 aliphatic carbocycles. The molecule has 0 fully saturated rings. The maximum absolute atomic E-state index is 10.9. The van der Waals surface area contributed by atoms with Crippen molar-refractivity contribution in [3.8, 4) is 5.75 Å². The molecule has 5 nitrogen and oxygen atoms in total. The molecule has 1 heterocycles. The van der Waals surface area contributed by atoms with Gasteiger partial charge in [-0.15, -0.1) is 0 Å². The summed E-state index contributed by atoms with van der Waals surface area (Å²) in [6.45, 7) is 0.545. The minimum Gasteiger partial charge on any atom is -0.490 e. The molecule has 0 saturated heterocycles. The summed E-state index contributed by atoms with van der Waals surface area (Å²) < 4.78 is 32.7. The lowest BCUT2D eigenvalue weighted by Gasteiger charge is -2.12. The molecule has 0 saturated carbocycles. The lowest BCUT2D eigenvalue weighted by molar-refractivity contribution is 0.0380. The summed E-state index contributed by atoms with van der Waals surface area (Å²) >= 11 is 0. The number of hydrogen-bond donors (Lipinski definition) is 1. The van der Waals surface area contributed by atoms with E-state index in [9.17, 15) is 8.42 Å². The van der Waals surface area contributed by atoms with Crippen LogP contribution in [0.2, 0.25) is 0 Å². The Balaban J connectivity index is 2.08. The van der Waals surface area contributed by atoms with Gasteiger partial charge in [0.2, 0.25) is 10.0 Å². The van der Waals surface area contributed by atoms with Crippen LogP contribution in [-0.4, -0.2) is 26.9 Å². The van der Waals surface area contributed by atoms with E-state index in [2.05, 4.69) is 0 Å². The van der Waals surface area contributed by atoms with Gasteiger partial charge in [-0.1, -0.05) is 18.2 Å². The van der Waals surface area contributed by atoms with Gasteiger partial charge in [-0.05, 0) is 6.07 Å². The van der Waals surface area contributed by atoms with E-state index in [1.807, 2.05) is 24.3 Å². The van der Waals surface area contributed by atoms with Crippen molar-refractivity contribution in [3.05, 3.63) is 29.8 Å². The van der Waals surface area contributed by atoms with Gasteiger partial charge in [0, 0.05) is 5.56 Å². The van der Waals surface area contributed by atoms with Gasteiger partial charge in [-0.3, -0.25) is 0 Å².